The number of carbonyl (C=O) groups excluding carboxylic acids is 1. The molecule has 0 aliphatic carbocycles. The Bertz CT molecular complexity index is 595. The molecule has 1 amide bonds. The second-order valence-corrected chi connectivity index (χ2v) is 5.81. The molecule has 1 aliphatic heterocycles. The van der Waals surface area contributed by atoms with Gasteiger partial charge in [-0.25, -0.2) is 8.78 Å². The number of anilines is 1. The average Bonchev–Trinajstić information content (AvgIpc) is 2.52. The summed E-state index contributed by atoms with van der Waals surface area (Å²) in [6.07, 6.45) is -3.34. The quantitative estimate of drug-likeness (QED) is 0.631. The van der Waals surface area contributed by atoms with Crippen molar-refractivity contribution in [1.29, 1.82) is 0 Å². The lowest BCUT2D eigenvalue weighted by atomic mass is 9.91. The monoisotopic (exact) mass is 349 g/mol. The molecular formula is C16H19F4NO3. The normalized spacial score (nSPS) is 17.9. The number of hydrogen-bond acceptors (Lipinski definition) is 3. The highest BCUT2D eigenvalue weighted by molar-refractivity contribution is 5.96. The number of halogens is 4. The number of fused-ring (bicyclic) bond motifs is 1. The van der Waals surface area contributed by atoms with Crippen LogP contribution in [0.3, 0.4) is 0 Å². The second-order valence-electron chi connectivity index (χ2n) is 5.81. The Labute approximate surface area is 137 Å². The summed E-state index contributed by atoms with van der Waals surface area (Å²) < 4.78 is 54.0. The zero-order valence-corrected chi connectivity index (χ0v) is 13.1. The molecule has 0 fully saturated rings. The van der Waals surface area contributed by atoms with Crippen LogP contribution in [-0.4, -0.2) is 43.1 Å². The van der Waals surface area contributed by atoms with Gasteiger partial charge in [-0.15, -0.1) is 0 Å². The summed E-state index contributed by atoms with van der Waals surface area (Å²) in [7, 11) is 0. The molecule has 0 saturated carbocycles. The molecule has 0 unspecified atom stereocenters. The molecule has 0 saturated heterocycles. The van der Waals surface area contributed by atoms with Crippen molar-refractivity contribution in [3.8, 4) is 5.75 Å². The van der Waals surface area contributed by atoms with E-state index >= 15 is 0 Å². The van der Waals surface area contributed by atoms with Crippen molar-refractivity contribution in [1.82, 2.24) is 0 Å². The molecule has 1 atom stereocenters. The smallest absolute Gasteiger partial charge is 0.330 e. The van der Waals surface area contributed by atoms with Gasteiger partial charge < -0.3 is 14.7 Å². The van der Waals surface area contributed by atoms with Gasteiger partial charge in [-0.2, -0.15) is 8.78 Å². The molecule has 1 aromatic carbocycles. The number of carbonyl (C=O) groups is 1. The summed E-state index contributed by atoms with van der Waals surface area (Å²) in [4.78, 5) is 13.7. The lowest BCUT2D eigenvalue weighted by Crippen LogP contribution is -2.37. The third-order valence-corrected chi connectivity index (χ3v) is 4.01. The number of nitrogens with zero attached hydrogens (tertiary/aromatic N) is 1. The molecule has 1 aromatic rings. The van der Waals surface area contributed by atoms with Gasteiger partial charge in [0.2, 0.25) is 5.91 Å². The molecule has 1 heterocycles. The lowest BCUT2D eigenvalue weighted by Gasteiger charge is -2.33. The number of amides is 1. The van der Waals surface area contributed by atoms with Crippen molar-refractivity contribution in [2.75, 3.05) is 24.7 Å². The number of aromatic hydroxyl groups is 1. The number of ether oxygens (including phenoxy) is 1. The van der Waals surface area contributed by atoms with Gasteiger partial charge in [0.05, 0.1) is 18.7 Å². The van der Waals surface area contributed by atoms with Crippen molar-refractivity contribution >= 4 is 11.6 Å². The fourth-order valence-electron chi connectivity index (χ4n) is 2.65. The van der Waals surface area contributed by atoms with E-state index in [4.69, 9.17) is 0 Å². The summed E-state index contributed by atoms with van der Waals surface area (Å²) in [5.74, 6) is -4.49. The number of phenolic OH excluding ortho intramolecular Hbond substituents is 1. The standard InChI is InChI=1S/C16H19F4NO3/c1-10-5-7-21(14-11(10)3-2-4-12(14)22)13(23)6-8-24-9-16(19,20)15(17)18/h2-4,10,15,22H,5-9H2,1H3/t10-/m0/s1. The SMILES string of the molecule is C[C@H]1CCN(C(=O)CCOCC(F)(F)C(F)F)c2c(O)cccc21. The maximum atomic E-state index is 12.7. The second kappa shape index (κ2) is 7.38. The Morgan fingerprint density at radius 3 is 2.83 bits per heavy atom. The molecule has 0 spiro atoms. The topological polar surface area (TPSA) is 49.8 Å². The van der Waals surface area contributed by atoms with Crippen LogP contribution in [0, 0.1) is 0 Å². The number of alkyl halides is 4. The first-order valence-electron chi connectivity index (χ1n) is 7.60. The van der Waals surface area contributed by atoms with E-state index in [0.717, 1.165) is 5.56 Å². The predicted octanol–water partition coefficient (Wildman–Crippen LogP) is 3.54. The first kappa shape index (κ1) is 18.5. The third-order valence-electron chi connectivity index (χ3n) is 4.01. The van der Waals surface area contributed by atoms with Crippen LogP contribution in [0.5, 0.6) is 5.75 Å². The Balaban J connectivity index is 1.96. The van der Waals surface area contributed by atoms with Gasteiger partial charge in [0.25, 0.3) is 0 Å². The molecule has 24 heavy (non-hydrogen) atoms. The van der Waals surface area contributed by atoms with Gasteiger partial charge in [0, 0.05) is 6.54 Å². The molecular weight excluding hydrogens is 330 g/mol. The van der Waals surface area contributed by atoms with Crippen LogP contribution in [0.2, 0.25) is 0 Å². The van der Waals surface area contributed by atoms with Crippen LogP contribution in [0.1, 0.15) is 31.2 Å². The molecule has 0 aromatic heterocycles. The number of para-hydroxylation sites is 1. The minimum atomic E-state index is -4.23. The van der Waals surface area contributed by atoms with Crippen molar-refractivity contribution in [2.45, 2.75) is 38.0 Å². The molecule has 0 bridgehead atoms. The van der Waals surface area contributed by atoms with Gasteiger partial charge in [-0.3, -0.25) is 4.79 Å². The van der Waals surface area contributed by atoms with Crippen molar-refractivity contribution < 1.29 is 32.2 Å². The molecule has 1 aliphatic rings. The highest BCUT2D eigenvalue weighted by Gasteiger charge is 2.41. The van der Waals surface area contributed by atoms with E-state index in [-0.39, 0.29) is 18.1 Å². The Morgan fingerprint density at radius 2 is 2.17 bits per heavy atom. The van der Waals surface area contributed by atoms with Crippen LogP contribution < -0.4 is 4.90 Å². The van der Waals surface area contributed by atoms with Crippen molar-refractivity contribution in [3.63, 3.8) is 0 Å². The maximum absolute atomic E-state index is 12.7. The number of benzene rings is 1. The lowest BCUT2D eigenvalue weighted by molar-refractivity contribution is -0.166. The fourth-order valence-corrected chi connectivity index (χ4v) is 2.65. The number of phenols is 1. The molecule has 4 nitrogen and oxygen atoms in total. The summed E-state index contributed by atoms with van der Waals surface area (Å²) in [6, 6.07) is 4.98. The highest BCUT2D eigenvalue weighted by Crippen LogP contribution is 2.41. The largest absolute Gasteiger partial charge is 0.506 e. The molecule has 134 valence electrons. The molecule has 0 radical (unpaired) electrons. The van der Waals surface area contributed by atoms with Gasteiger partial charge in [-0.1, -0.05) is 19.1 Å². The summed E-state index contributed by atoms with van der Waals surface area (Å²) in [6.45, 7) is 0.542. The maximum Gasteiger partial charge on any atom is 0.330 e. The van der Waals surface area contributed by atoms with E-state index in [2.05, 4.69) is 4.74 Å². The number of hydrogen-bond donors (Lipinski definition) is 1. The van der Waals surface area contributed by atoms with Crippen LogP contribution in [0.4, 0.5) is 23.2 Å². The Morgan fingerprint density at radius 1 is 1.46 bits per heavy atom. The van der Waals surface area contributed by atoms with E-state index < -0.39 is 31.5 Å². The molecule has 1 N–H and O–H groups in total. The fraction of sp³-hybridized carbons (Fsp3) is 0.562. The zero-order chi connectivity index (χ0) is 17.9. The van der Waals surface area contributed by atoms with E-state index in [1.165, 1.54) is 11.0 Å². The molecule has 2 rings (SSSR count). The Kier molecular flexibility index (Phi) is 5.69. The van der Waals surface area contributed by atoms with Gasteiger partial charge >= 0.3 is 12.3 Å². The zero-order valence-electron chi connectivity index (χ0n) is 13.1. The molecule has 8 heteroatoms. The van der Waals surface area contributed by atoms with E-state index in [1.807, 2.05) is 13.0 Å². The first-order valence-corrected chi connectivity index (χ1v) is 7.60. The third kappa shape index (κ3) is 3.98. The van der Waals surface area contributed by atoms with Crippen molar-refractivity contribution in [3.05, 3.63) is 23.8 Å². The summed E-state index contributed by atoms with van der Waals surface area (Å²) in [5.41, 5.74) is 1.25. The number of rotatable bonds is 6. The van der Waals surface area contributed by atoms with Crippen LogP contribution in [0.15, 0.2) is 18.2 Å². The van der Waals surface area contributed by atoms with Crippen LogP contribution in [-0.2, 0) is 9.53 Å². The van der Waals surface area contributed by atoms with Gasteiger partial charge in [0.1, 0.15) is 12.4 Å². The minimum Gasteiger partial charge on any atom is -0.506 e. The van der Waals surface area contributed by atoms with E-state index in [9.17, 15) is 27.5 Å². The average molecular weight is 349 g/mol. The summed E-state index contributed by atoms with van der Waals surface area (Å²) in [5, 5.41) is 10.0. The summed E-state index contributed by atoms with van der Waals surface area (Å²) >= 11 is 0. The van der Waals surface area contributed by atoms with Gasteiger partial charge in [0.15, 0.2) is 0 Å². The van der Waals surface area contributed by atoms with Crippen LogP contribution >= 0.6 is 0 Å². The highest BCUT2D eigenvalue weighted by atomic mass is 19.3. The van der Waals surface area contributed by atoms with Gasteiger partial charge in [-0.05, 0) is 24.0 Å². The first-order chi connectivity index (χ1) is 11.2. The minimum absolute atomic E-state index is 0.0300. The predicted molar refractivity (Wildman–Crippen MR) is 79.9 cm³/mol. The Hall–Kier alpha value is -1.83. The van der Waals surface area contributed by atoms with E-state index in [1.54, 1.807) is 6.07 Å². The van der Waals surface area contributed by atoms with Crippen molar-refractivity contribution in [2.24, 2.45) is 0 Å². The van der Waals surface area contributed by atoms with E-state index in [0.29, 0.717) is 18.7 Å². The van der Waals surface area contributed by atoms with Crippen LogP contribution in [0.25, 0.3) is 0 Å².